The van der Waals surface area contributed by atoms with Crippen LogP contribution in [0.25, 0.3) is 0 Å². The minimum absolute atomic E-state index is 0.116. The van der Waals surface area contributed by atoms with E-state index < -0.39 is 0 Å². The first-order valence-electron chi connectivity index (χ1n) is 6.06. The van der Waals surface area contributed by atoms with E-state index in [-0.39, 0.29) is 10.8 Å². The fraction of sp³-hybridized carbons (Fsp3) is 0.333. The summed E-state index contributed by atoms with van der Waals surface area (Å²) >= 11 is 1.09. The minimum atomic E-state index is -0.171. The van der Waals surface area contributed by atoms with Gasteiger partial charge in [-0.1, -0.05) is 11.3 Å². The molecular formula is C12H14N4O2S. The summed E-state index contributed by atoms with van der Waals surface area (Å²) in [6, 6.07) is 2.09. The maximum atomic E-state index is 12.1. The number of nitrogens with zero attached hydrogens (tertiary/aromatic N) is 1. The fourth-order valence-corrected chi connectivity index (χ4v) is 2.59. The first kappa shape index (κ1) is 12.0. The van der Waals surface area contributed by atoms with Gasteiger partial charge >= 0.3 is 4.87 Å². The molecule has 3 rings (SSSR count). The van der Waals surface area contributed by atoms with Crippen molar-refractivity contribution >= 4 is 22.9 Å². The molecule has 0 unspecified atom stereocenters. The van der Waals surface area contributed by atoms with E-state index in [0.29, 0.717) is 29.7 Å². The lowest BCUT2D eigenvalue weighted by molar-refractivity contribution is 0.0941. The van der Waals surface area contributed by atoms with E-state index >= 15 is 0 Å². The average molecular weight is 278 g/mol. The molecule has 0 spiro atoms. The number of amides is 1. The standard InChI is InChI=1S/C12H14N4O2S/c13-7-3-10(16(5-7)9-1-2-9)11(17)14-4-8-6-19-12(18)15-8/h3,5-6,9H,1-2,4,13H2,(H,14,17)(H,15,18). The summed E-state index contributed by atoms with van der Waals surface area (Å²) in [6.07, 6.45) is 3.98. The molecule has 1 saturated carbocycles. The molecule has 1 fully saturated rings. The van der Waals surface area contributed by atoms with Crippen LogP contribution in [0.2, 0.25) is 0 Å². The summed E-state index contributed by atoms with van der Waals surface area (Å²) in [5.41, 5.74) is 7.64. The number of carbonyl (C=O) groups excluding carboxylic acids is 1. The van der Waals surface area contributed by atoms with Gasteiger partial charge in [-0.2, -0.15) is 0 Å². The molecule has 100 valence electrons. The number of anilines is 1. The molecule has 2 aromatic rings. The van der Waals surface area contributed by atoms with Gasteiger partial charge in [0, 0.05) is 23.3 Å². The number of hydrogen-bond acceptors (Lipinski definition) is 4. The zero-order valence-electron chi connectivity index (χ0n) is 10.2. The highest BCUT2D eigenvalue weighted by Gasteiger charge is 2.27. The van der Waals surface area contributed by atoms with E-state index in [1.54, 1.807) is 17.6 Å². The summed E-state index contributed by atoms with van der Waals surface area (Å²) < 4.78 is 1.93. The van der Waals surface area contributed by atoms with E-state index in [1.807, 2.05) is 4.57 Å². The van der Waals surface area contributed by atoms with Crippen LogP contribution in [0, 0.1) is 0 Å². The largest absolute Gasteiger partial charge is 0.397 e. The van der Waals surface area contributed by atoms with Crippen LogP contribution < -0.4 is 15.9 Å². The number of carbonyl (C=O) groups is 1. The Bertz CT molecular complexity index is 665. The Hall–Kier alpha value is -2.02. The van der Waals surface area contributed by atoms with Crippen LogP contribution in [0.15, 0.2) is 22.4 Å². The zero-order chi connectivity index (χ0) is 13.4. The number of H-pyrrole nitrogens is 1. The summed E-state index contributed by atoms with van der Waals surface area (Å²) in [5, 5.41) is 4.49. The summed E-state index contributed by atoms with van der Waals surface area (Å²) in [5.74, 6) is -0.171. The van der Waals surface area contributed by atoms with Crippen LogP contribution in [0.5, 0.6) is 0 Å². The molecule has 0 bridgehead atoms. The van der Waals surface area contributed by atoms with Crippen molar-refractivity contribution in [3.8, 4) is 0 Å². The monoisotopic (exact) mass is 278 g/mol. The molecule has 19 heavy (non-hydrogen) atoms. The van der Waals surface area contributed by atoms with Gasteiger partial charge in [-0.05, 0) is 18.9 Å². The van der Waals surface area contributed by atoms with Gasteiger partial charge in [0.25, 0.3) is 5.91 Å². The number of aromatic nitrogens is 2. The van der Waals surface area contributed by atoms with Crippen LogP contribution in [-0.4, -0.2) is 15.5 Å². The number of nitrogen functional groups attached to an aromatic ring is 1. The lowest BCUT2D eigenvalue weighted by Gasteiger charge is -2.07. The molecule has 1 amide bonds. The van der Waals surface area contributed by atoms with E-state index in [0.717, 1.165) is 24.2 Å². The van der Waals surface area contributed by atoms with Crippen molar-refractivity contribution in [1.82, 2.24) is 14.9 Å². The normalized spacial score (nSPS) is 14.5. The number of hydrogen-bond donors (Lipinski definition) is 3. The van der Waals surface area contributed by atoms with Crippen molar-refractivity contribution in [3.63, 3.8) is 0 Å². The molecule has 0 saturated heterocycles. The summed E-state index contributed by atoms with van der Waals surface area (Å²) in [4.78, 5) is 25.6. The molecule has 6 nitrogen and oxygen atoms in total. The van der Waals surface area contributed by atoms with Crippen LogP contribution in [0.4, 0.5) is 5.69 Å². The third kappa shape index (κ3) is 2.55. The molecule has 0 atom stereocenters. The number of rotatable bonds is 4. The average Bonchev–Trinajstić information content (AvgIpc) is 3.03. The van der Waals surface area contributed by atoms with Gasteiger partial charge in [0.15, 0.2) is 0 Å². The highest BCUT2D eigenvalue weighted by molar-refractivity contribution is 7.07. The molecule has 1 aliphatic rings. The van der Waals surface area contributed by atoms with Gasteiger partial charge in [0.2, 0.25) is 0 Å². The molecule has 0 aromatic carbocycles. The predicted octanol–water partition coefficient (Wildman–Crippen LogP) is 1.08. The number of nitrogens with one attached hydrogen (secondary N) is 2. The van der Waals surface area contributed by atoms with Gasteiger partial charge in [-0.3, -0.25) is 9.59 Å². The topological polar surface area (TPSA) is 92.9 Å². The third-order valence-corrected chi connectivity index (χ3v) is 3.77. The smallest absolute Gasteiger partial charge is 0.304 e. The highest BCUT2D eigenvalue weighted by atomic mass is 32.1. The molecule has 0 radical (unpaired) electrons. The maximum absolute atomic E-state index is 12.1. The quantitative estimate of drug-likeness (QED) is 0.781. The van der Waals surface area contributed by atoms with E-state index in [1.165, 1.54) is 0 Å². The Morgan fingerprint density at radius 3 is 3.00 bits per heavy atom. The second-order valence-electron chi connectivity index (χ2n) is 4.65. The number of nitrogens with two attached hydrogens (primary N) is 1. The molecule has 2 aromatic heterocycles. The highest BCUT2D eigenvalue weighted by Crippen LogP contribution is 2.37. The van der Waals surface area contributed by atoms with Crippen molar-refractivity contribution < 1.29 is 4.79 Å². The van der Waals surface area contributed by atoms with Gasteiger partial charge < -0.3 is 20.6 Å². The van der Waals surface area contributed by atoms with Gasteiger partial charge in [0.05, 0.1) is 12.2 Å². The van der Waals surface area contributed by atoms with E-state index in [4.69, 9.17) is 5.73 Å². The van der Waals surface area contributed by atoms with Crippen molar-refractivity contribution in [3.05, 3.63) is 38.7 Å². The Labute approximate surface area is 113 Å². The van der Waals surface area contributed by atoms with Crippen molar-refractivity contribution in [1.29, 1.82) is 0 Å². The Morgan fingerprint density at radius 1 is 1.58 bits per heavy atom. The van der Waals surface area contributed by atoms with E-state index in [9.17, 15) is 9.59 Å². The van der Waals surface area contributed by atoms with Crippen LogP contribution in [0.3, 0.4) is 0 Å². The first-order valence-corrected chi connectivity index (χ1v) is 6.93. The second-order valence-corrected chi connectivity index (χ2v) is 5.50. The molecular weight excluding hydrogens is 264 g/mol. The Balaban J connectivity index is 1.71. The molecule has 0 aliphatic heterocycles. The summed E-state index contributed by atoms with van der Waals surface area (Å²) in [6.45, 7) is 0.313. The van der Waals surface area contributed by atoms with Crippen molar-refractivity contribution in [2.24, 2.45) is 0 Å². The summed E-state index contributed by atoms with van der Waals surface area (Å²) in [7, 11) is 0. The Kier molecular flexibility index (Phi) is 2.90. The predicted molar refractivity (Wildman–Crippen MR) is 73.2 cm³/mol. The van der Waals surface area contributed by atoms with Crippen molar-refractivity contribution in [2.75, 3.05) is 5.73 Å². The van der Waals surface area contributed by atoms with Crippen LogP contribution in [-0.2, 0) is 6.54 Å². The Morgan fingerprint density at radius 2 is 2.37 bits per heavy atom. The van der Waals surface area contributed by atoms with Gasteiger partial charge in [-0.25, -0.2) is 0 Å². The third-order valence-electron chi connectivity index (χ3n) is 3.05. The number of thiazole rings is 1. The zero-order valence-corrected chi connectivity index (χ0v) is 11.0. The lowest BCUT2D eigenvalue weighted by atomic mass is 10.3. The van der Waals surface area contributed by atoms with Crippen LogP contribution in [0.1, 0.15) is 35.1 Å². The minimum Gasteiger partial charge on any atom is -0.397 e. The van der Waals surface area contributed by atoms with Gasteiger partial charge in [-0.15, -0.1) is 0 Å². The SMILES string of the molecule is Nc1cc(C(=O)NCc2csc(=O)[nH]2)n(C2CC2)c1. The molecule has 2 heterocycles. The first-order chi connectivity index (χ1) is 9.13. The molecule has 1 aliphatic carbocycles. The molecule has 4 N–H and O–H groups in total. The molecule has 7 heteroatoms. The van der Waals surface area contributed by atoms with E-state index in [2.05, 4.69) is 10.3 Å². The second kappa shape index (κ2) is 4.58. The fourth-order valence-electron chi connectivity index (χ4n) is 2.00. The maximum Gasteiger partial charge on any atom is 0.304 e. The lowest BCUT2D eigenvalue weighted by Crippen LogP contribution is -2.25. The van der Waals surface area contributed by atoms with Gasteiger partial charge in [0.1, 0.15) is 5.69 Å². The van der Waals surface area contributed by atoms with Crippen LogP contribution >= 0.6 is 11.3 Å². The number of aromatic amines is 1. The van der Waals surface area contributed by atoms with Crippen molar-refractivity contribution in [2.45, 2.75) is 25.4 Å².